The molecule has 5 nitrogen and oxygen atoms in total. The lowest BCUT2D eigenvalue weighted by molar-refractivity contribution is 0.0924. The number of hydrogen-bond acceptors (Lipinski definition) is 4. The molecule has 3 aromatic rings. The molecular formula is C21H20N2O3. The summed E-state index contributed by atoms with van der Waals surface area (Å²) >= 11 is 0. The maximum atomic E-state index is 12.9. The third-order valence-corrected chi connectivity index (χ3v) is 4.72. The predicted molar refractivity (Wildman–Crippen MR) is 99.8 cm³/mol. The highest BCUT2D eigenvalue weighted by atomic mass is 16.5. The number of carbonyl (C=O) groups is 1. The van der Waals surface area contributed by atoms with Gasteiger partial charge in [-0.15, -0.1) is 0 Å². The van der Waals surface area contributed by atoms with E-state index in [1.807, 2.05) is 55.5 Å². The summed E-state index contributed by atoms with van der Waals surface area (Å²) in [5, 5.41) is 4.05. The Kier molecular flexibility index (Phi) is 4.21. The number of ether oxygens (including phenoxy) is 2. The van der Waals surface area contributed by atoms with Crippen LogP contribution in [0.15, 0.2) is 48.5 Å². The fourth-order valence-electron chi connectivity index (χ4n) is 3.33. The number of fused-ring (bicyclic) bond motifs is 2. The van der Waals surface area contributed by atoms with Crippen LogP contribution in [0.25, 0.3) is 10.9 Å². The zero-order valence-electron chi connectivity index (χ0n) is 14.8. The first-order valence-electron chi connectivity index (χ1n) is 8.63. The van der Waals surface area contributed by atoms with Gasteiger partial charge in [-0.1, -0.05) is 18.2 Å². The highest BCUT2D eigenvalue weighted by Gasteiger charge is 2.24. The lowest BCUT2D eigenvalue weighted by atomic mass is 10.00. The van der Waals surface area contributed by atoms with Gasteiger partial charge in [0.05, 0.1) is 36.5 Å². The molecule has 0 unspecified atom stereocenters. The van der Waals surface area contributed by atoms with Crippen molar-refractivity contribution >= 4 is 16.8 Å². The van der Waals surface area contributed by atoms with E-state index < -0.39 is 0 Å². The SMILES string of the molecule is COc1ccc2cc(C(=O)N[C@H]3CCOc4ccccc43)c(C)nc2c1. The van der Waals surface area contributed by atoms with Crippen molar-refractivity contribution in [1.29, 1.82) is 0 Å². The average molecular weight is 348 g/mol. The van der Waals surface area contributed by atoms with Crippen molar-refractivity contribution in [2.45, 2.75) is 19.4 Å². The molecule has 0 aliphatic carbocycles. The number of nitrogens with zero attached hydrogens (tertiary/aromatic N) is 1. The van der Waals surface area contributed by atoms with Crippen molar-refractivity contribution in [3.63, 3.8) is 0 Å². The number of para-hydroxylation sites is 1. The number of nitrogens with one attached hydrogen (secondary N) is 1. The van der Waals surface area contributed by atoms with Crippen LogP contribution in [0, 0.1) is 6.92 Å². The molecule has 1 aliphatic heterocycles. The first-order valence-corrected chi connectivity index (χ1v) is 8.63. The molecule has 1 aromatic heterocycles. The number of benzene rings is 2. The molecule has 2 heterocycles. The van der Waals surface area contributed by atoms with Crippen LogP contribution in [0.2, 0.25) is 0 Å². The summed E-state index contributed by atoms with van der Waals surface area (Å²) in [4.78, 5) is 17.5. The predicted octanol–water partition coefficient (Wildman–Crippen LogP) is 3.81. The minimum absolute atomic E-state index is 0.0570. The van der Waals surface area contributed by atoms with E-state index >= 15 is 0 Å². The van der Waals surface area contributed by atoms with Gasteiger partial charge in [0.25, 0.3) is 5.91 Å². The summed E-state index contributed by atoms with van der Waals surface area (Å²) < 4.78 is 10.9. The van der Waals surface area contributed by atoms with E-state index in [1.165, 1.54) is 0 Å². The quantitative estimate of drug-likeness (QED) is 0.782. The van der Waals surface area contributed by atoms with Crippen LogP contribution in [-0.2, 0) is 0 Å². The Labute approximate surface area is 152 Å². The number of amides is 1. The Morgan fingerprint density at radius 1 is 1.23 bits per heavy atom. The molecule has 5 heteroatoms. The van der Waals surface area contributed by atoms with Crippen LogP contribution < -0.4 is 14.8 Å². The van der Waals surface area contributed by atoms with Crippen molar-refractivity contribution in [2.24, 2.45) is 0 Å². The monoisotopic (exact) mass is 348 g/mol. The van der Waals surface area contributed by atoms with Gasteiger partial charge in [-0.05, 0) is 31.2 Å². The maximum Gasteiger partial charge on any atom is 0.253 e. The topological polar surface area (TPSA) is 60.5 Å². The molecular weight excluding hydrogens is 328 g/mol. The summed E-state index contributed by atoms with van der Waals surface area (Å²) in [6.45, 7) is 2.45. The second kappa shape index (κ2) is 6.67. The third-order valence-electron chi connectivity index (χ3n) is 4.72. The van der Waals surface area contributed by atoms with Gasteiger partial charge in [0.1, 0.15) is 11.5 Å². The molecule has 1 aliphatic rings. The van der Waals surface area contributed by atoms with Gasteiger partial charge in [0, 0.05) is 23.4 Å². The van der Waals surface area contributed by atoms with Gasteiger partial charge < -0.3 is 14.8 Å². The molecule has 4 rings (SSSR count). The Morgan fingerprint density at radius 3 is 2.92 bits per heavy atom. The number of carbonyl (C=O) groups excluding carboxylic acids is 1. The zero-order chi connectivity index (χ0) is 18.1. The fourth-order valence-corrected chi connectivity index (χ4v) is 3.33. The van der Waals surface area contributed by atoms with Crippen LogP contribution in [0.5, 0.6) is 11.5 Å². The summed E-state index contributed by atoms with van der Waals surface area (Å²) in [5.74, 6) is 1.47. The molecule has 1 atom stereocenters. The van der Waals surface area contributed by atoms with E-state index in [4.69, 9.17) is 9.47 Å². The van der Waals surface area contributed by atoms with E-state index in [9.17, 15) is 4.79 Å². The van der Waals surface area contributed by atoms with Gasteiger partial charge in [-0.25, -0.2) is 0 Å². The Balaban J connectivity index is 1.64. The summed E-state index contributed by atoms with van der Waals surface area (Å²) in [5.41, 5.74) is 3.12. The Bertz CT molecular complexity index is 984. The number of methoxy groups -OCH3 is 1. The van der Waals surface area contributed by atoms with E-state index in [-0.39, 0.29) is 11.9 Å². The lowest BCUT2D eigenvalue weighted by Gasteiger charge is -2.26. The second-order valence-corrected chi connectivity index (χ2v) is 6.38. The van der Waals surface area contributed by atoms with E-state index in [1.54, 1.807) is 7.11 Å². The number of aromatic nitrogens is 1. The van der Waals surface area contributed by atoms with Crippen molar-refractivity contribution in [3.8, 4) is 11.5 Å². The average Bonchev–Trinajstić information content (AvgIpc) is 2.67. The minimum atomic E-state index is -0.116. The zero-order valence-corrected chi connectivity index (χ0v) is 14.8. The highest BCUT2D eigenvalue weighted by Crippen LogP contribution is 2.32. The molecule has 0 saturated heterocycles. The van der Waals surface area contributed by atoms with E-state index in [0.29, 0.717) is 17.9 Å². The summed E-state index contributed by atoms with van der Waals surface area (Å²) in [7, 11) is 1.63. The van der Waals surface area contributed by atoms with Crippen LogP contribution in [0.4, 0.5) is 0 Å². The van der Waals surface area contributed by atoms with Gasteiger partial charge >= 0.3 is 0 Å². The van der Waals surface area contributed by atoms with Crippen molar-refractivity contribution in [2.75, 3.05) is 13.7 Å². The Morgan fingerprint density at radius 2 is 2.08 bits per heavy atom. The number of rotatable bonds is 3. The molecule has 0 bridgehead atoms. The third kappa shape index (κ3) is 2.96. The van der Waals surface area contributed by atoms with Crippen LogP contribution in [0.1, 0.15) is 34.1 Å². The number of hydrogen-bond donors (Lipinski definition) is 1. The Hall–Kier alpha value is -3.08. The molecule has 0 radical (unpaired) electrons. The highest BCUT2D eigenvalue weighted by molar-refractivity contribution is 5.99. The molecule has 0 spiro atoms. The minimum Gasteiger partial charge on any atom is -0.497 e. The molecule has 26 heavy (non-hydrogen) atoms. The standard InChI is InChI=1S/C21H20N2O3/c1-13-17(11-14-7-8-15(25-2)12-19(14)22-13)21(24)23-18-9-10-26-20-6-4-3-5-16(18)20/h3-8,11-12,18H,9-10H2,1-2H3,(H,23,24)/t18-/m0/s1. The van der Waals surface area contributed by atoms with Gasteiger partial charge in [0.2, 0.25) is 0 Å². The second-order valence-electron chi connectivity index (χ2n) is 6.38. The number of pyridine rings is 1. The molecule has 0 fully saturated rings. The van der Waals surface area contributed by atoms with Gasteiger partial charge in [-0.2, -0.15) is 0 Å². The molecule has 132 valence electrons. The van der Waals surface area contributed by atoms with Crippen molar-refractivity contribution in [3.05, 3.63) is 65.4 Å². The van der Waals surface area contributed by atoms with Crippen molar-refractivity contribution < 1.29 is 14.3 Å². The van der Waals surface area contributed by atoms with Gasteiger partial charge in [0.15, 0.2) is 0 Å². The van der Waals surface area contributed by atoms with E-state index in [2.05, 4.69) is 10.3 Å². The first-order chi connectivity index (χ1) is 12.7. The maximum absolute atomic E-state index is 12.9. The summed E-state index contributed by atoms with van der Waals surface area (Å²) in [6, 6.07) is 15.3. The molecule has 0 saturated carbocycles. The molecule has 2 aromatic carbocycles. The fraction of sp³-hybridized carbons (Fsp3) is 0.238. The molecule has 1 amide bonds. The smallest absolute Gasteiger partial charge is 0.253 e. The normalized spacial score (nSPS) is 15.8. The largest absolute Gasteiger partial charge is 0.497 e. The summed E-state index contributed by atoms with van der Waals surface area (Å²) in [6.07, 6.45) is 0.750. The molecule has 1 N–H and O–H groups in total. The lowest BCUT2D eigenvalue weighted by Crippen LogP contribution is -2.32. The van der Waals surface area contributed by atoms with Gasteiger partial charge in [-0.3, -0.25) is 9.78 Å². The van der Waals surface area contributed by atoms with E-state index in [0.717, 1.165) is 34.4 Å². The van der Waals surface area contributed by atoms with Crippen molar-refractivity contribution in [1.82, 2.24) is 10.3 Å². The van der Waals surface area contributed by atoms with Crippen LogP contribution in [0.3, 0.4) is 0 Å². The number of aryl methyl sites for hydroxylation is 1. The van der Waals surface area contributed by atoms with Crippen LogP contribution >= 0.6 is 0 Å². The first kappa shape index (κ1) is 16.4. The van der Waals surface area contributed by atoms with Crippen LogP contribution in [-0.4, -0.2) is 24.6 Å².